The van der Waals surface area contributed by atoms with Crippen LogP contribution in [0.2, 0.25) is 0 Å². The minimum Gasteiger partial charge on any atom is -0.496 e. The van der Waals surface area contributed by atoms with Crippen LogP contribution in [0.3, 0.4) is 0 Å². The molecule has 6 heteroatoms. The fourth-order valence-electron chi connectivity index (χ4n) is 1.73. The molecule has 3 nitrogen and oxygen atoms in total. The third kappa shape index (κ3) is 3.98. The number of halogens is 2. The van der Waals surface area contributed by atoms with Crippen LogP contribution in [0.4, 0.5) is 4.39 Å². The van der Waals surface area contributed by atoms with Gasteiger partial charge in [0.2, 0.25) is 0 Å². The van der Waals surface area contributed by atoms with Crippen molar-refractivity contribution >= 4 is 32.5 Å². The molecule has 2 aromatic carbocycles. The van der Waals surface area contributed by atoms with Gasteiger partial charge in [0.15, 0.2) is 5.78 Å². The largest absolute Gasteiger partial charge is 0.496 e. The Kier molecular flexibility index (Phi) is 5.25. The van der Waals surface area contributed by atoms with Crippen LogP contribution in [0.25, 0.3) is 0 Å². The van der Waals surface area contributed by atoms with Gasteiger partial charge in [0.05, 0.1) is 28.1 Å². The molecule has 0 fully saturated rings. The SMILES string of the molecule is COc1ccc(C(=O)CS(=O)c2cccc(F)c2)cc1Br. The molecule has 1 unspecified atom stereocenters. The summed E-state index contributed by atoms with van der Waals surface area (Å²) in [7, 11) is -0.0457. The van der Waals surface area contributed by atoms with E-state index in [2.05, 4.69) is 15.9 Å². The van der Waals surface area contributed by atoms with Crippen LogP contribution >= 0.6 is 15.9 Å². The van der Waals surface area contributed by atoms with Gasteiger partial charge in [-0.25, -0.2) is 4.39 Å². The normalized spacial score (nSPS) is 12.0. The number of ether oxygens (including phenoxy) is 1. The lowest BCUT2D eigenvalue weighted by molar-refractivity contribution is 0.102. The number of Topliss-reactive ketones (excluding diaryl/α,β-unsaturated/α-hetero) is 1. The first kappa shape index (κ1) is 15.9. The number of carbonyl (C=O) groups is 1. The lowest BCUT2D eigenvalue weighted by Gasteiger charge is -2.06. The van der Waals surface area contributed by atoms with Crippen LogP contribution in [0.15, 0.2) is 51.8 Å². The van der Waals surface area contributed by atoms with Crippen LogP contribution in [-0.4, -0.2) is 22.9 Å². The van der Waals surface area contributed by atoms with E-state index in [4.69, 9.17) is 4.74 Å². The molecule has 0 radical (unpaired) electrons. The van der Waals surface area contributed by atoms with Crippen molar-refractivity contribution in [2.75, 3.05) is 12.9 Å². The number of carbonyl (C=O) groups excluding carboxylic acids is 1. The van der Waals surface area contributed by atoms with Crippen molar-refractivity contribution in [2.45, 2.75) is 4.90 Å². The Morgan fingerprint density at radius 3 is 2.67 bits per heavy atom. The molecule has 0 amide bonds. The quantitative estimate of drug-likeness (QED) is 0.755. The van der Waals surface area contributed by atoms with E-state index in [0.717, 1.165) is 0 Å². The fraction of sp³-hybridized carbons (Fsp3) is 0.133. The summed E-state index contributed by atoms with van der Waals surface area (Å²) in [5, 5.41) is 0. The Balaban J connectivity index is 2.14. The highest BCUT2D eigenvalue weighted by atomic mass is 79.9. The molecule has 0 aliphatic heterocycles. The molecule has 1 atom stereocenters. The number of hydrogen-bond acceptors (Lipinski definition) is 3. The molecule has 0 aliphatic rings. The van der Waals surface area contributed by atoms with Crippen molar-refractivity contribution in [3.05, 3.63) is 58.3 Å². The fourth-order valence-corrected chi connectivity index (χ4v) is 3.32. The molecule has 2 rings (SSSR count). The first-order chi connectivity index (χ1) is 10.0. The van der Waals surface area contributed by atoms with Gasteiger partial charge in [-0.1, -0.05) is 6.07 Å². The number of ketones is 1. The van der Waals surface area contributed by atoms with E-state index in [1.54, 1.807) is 18.2 Å². The maximum atomic E-state index is 13.1. The highest BCUT2D eigenvalue weighted by Gasteiger charge is 2.14. The number of methoxy groups -OCH3 is 1. The van der Waals surface area contributed by atoms with Crippen LogP contribution < -0.4 is 4.74 Å². The molecule has 0 bridgehead atoms. The van der Waals surface area contributed by atoms with Crippen molar-refractivity contribution < 1.29 is 18.1 Å². The summed E-state index contributed by atoms with van der Waals surface area (Å²) >= 11 is 3.29. The van der Waals surface area contributed by atoms with Crippen molar-refractivity contribution in [3.63, 3.8) is 0 Å². The molecule has 0 saturated carbocycles. The van der Waals surface area contributed by atoms with Gasteiger partial charge >= 0.3 is 0 Å². The molecule has 110 valence electrons. The van der Waals surface area contributed by atoms with E-state index in [1.807, 2.05) is 0 Å². The molecule has 2 aromatic rings. The predicted molar refractivity (Wildman–Crippen MR) is 82.7 cm³/mol. The second kappa shape index (κ2) is 6.95. The van der Waals surface area contributed by atoms with Gasteiger partial charge in [-0.2, -0.15) is 0 Å². The lowest BCUT2D eigenvalue weighted by Crippen LogP contribution is -2.11. The zero-order valence-corrected chi connectivity index (χ0v) is 13.5. The van der Waals surface area contributed by atoms with E-state index in [0.29, 0.717) is 20.7 Å². The van der Waals surface area contributed by atoms with Gasteiger partial charge in [-0.05, 0) is 52.3 Å². The smallest absolute Gasteiger partial charge is 0.175 e. The molecular formula is C15H12BrFO3S. The Morgan fingerprint density at radius 2 is 2.05 bits per heavy atom. The second-order valence-corrected chi connectivity index (χ2v) is 6.53. The number of rotatable bonds is 5. The lowest BCUT2D eigenvalue weighted by atomic mass is 10.1. The first-order valence-corrected chi connectivity index (χ1v) is 8.13. The van der Waals surface area contributed by atoms with E-state index < -0.39 is 16.6 Å². The number of hydrogen-bond donors (Lipinski definition) is 0. The average molecular weight is 371 g/mol. The maximum Gasteiger partial charge on any atom is 0.175 e. The minimum atomic E-state index is -1.57. The van der Waals surface area contributed by atoms with Crippen molar-refractivity contribution in [1.29, 1.82) is 0 Å². The average Bonchev–Trinajstić information content (AvgIpc) is 2.47. The van der Waals surface area contributed by atoms with Gasteiger partial charge in [-0.3, -0.25) is 9.00 Å². The monoisotopic (exact) mass is 370 g/mol. The summed E-state index contributed by atoms with van der Waals surface area (Å²) in [4.78, 5) is 12.4. The highest BCUT2D eigenvalue weighted by Crippen LogP contribution is 2.26. The van der Waals surface area contributed by atoms with E-state index in [9.17, 15) is 13.4 Å². The summed E-state index contributed by atoms with van der Waals surface area (Å²) in [6, 6.07) is 10.3. The number of benzene rings is 2. The van der Waals surface area contributed by atoms with E-state index >= 15 is 0 Å². The Labute approximate surface area is 132 Å². The predicted octanol–water partition coefficient (Wildman–Crippen LogP) is 3.59. The summed E-state index contributed by atoms with van der Waals surface area (Å²) < 4.78 is 30.9. The van der Waals surface area contributed by atoms with Crippen molar-refractivity contribution in [3.8, 4) is 5.75 Å². The first-order valence-electron chi connectivity index (χ1n) is 6.02. The molecule has 0 heterocycles. The maximum absolute atomic E-state index is 13.1. The third-order valence-corrected chi connectivity index (χ3v) is 4.72. The summed E-state index contributed by atoms with van der Waals surface area (Å²) in [6.07, 6.45) is 0. The molecular weight excluding hydrogens is 359 g/mol. The van der Waals surface area contributed by atoms with E-state index in [-0.39, 0.29) is 11.5 Å². The van der Waals surface area contributed by atoms with Gasteiger partial charge in [0.25, 0.3) is 0 Å². The Hall–Kier alpha value is -1.53. The summed E-state index contributed by atoms with van der Waals surface area (Å²) in [6.45, 7) is 0. The Morgan fingerprint density at radius 1 is 1.29 bits per heavy atom. The molecule has 21 heavy (non-hydrogen) atoms. The molecule has 0 spiro atoms. The standard InChI is InChI=1S/C15H12BrFO3S/c1-20-15-6-5-10(7-13(15)16)14(18)9-21(19)12-4-2-3-11(17)8-12/h2-8H,9H2,1H3. The van der Waals surface area contributed by atoms with Crippen molar-refractivity contribution in [2.24, 2.45) is 0 Å². The summed E-state index contributed by atoms with van der Waals surface area (Å²) in [5.41, 5.74) is 0.424. The van der Waals surface area contributed by atoms with Gasteiger partial charge in [-0.15, -0.1) is 0 Å². The van der Waals surface area contributed by atoms with Crippen molar-refractivity contribution in [1.82, 2.24) is 0 Å². The Bertz CT molecular complexity index is 703. The molecule has 0 aromatic heterocycles. The van der Waals surface area contributed by atoms with Crippen LogP contribution in [-0.2, 0) is 10.8 Å². The zero-order chi connectivity index (χ0) is 15.4. The van der Waals surface area contributed by atoms with Crippen LogP contribution in [0.1, 0.15) is 10.4 Å². The summed E-state index contributed by atoms with van der Waals surface area (Å²) in [5.74, 6) is -0.332. The molecule has 0 saturated heterocycles. The second-order valence-electron chi connectivity index (χ2n) is 4.22. The third-order valence-electron chi connectivity index (χ3n) is 2.79. The van der Waals surface area contributed by atoms with Gasteiger partial charge < -0.3 is 4.74 Å². The van der Waals surface area contributed by atoms with Gasteiger partial charge in [0.1, 0.15) is 11.6 Å². The van der Waals surface area contributed by atoms with Gasteiger partial charge in [0, 0.05) is 10.5 Å². The van der Waals surface area contributed by atoms with Crippen LogP contribution in [0.5, 0.6) is 5.75 Å². The van der Waals surface area contributed by atoms with E-state index in [1.165, 1.54) is 31.4 Å². The molecule has 0 aliphatic carbocycles. The topological polar surface area (TPSA) is 43.4 Å². The zero-order valence-electron chi connectivity index (χ0n) is 11.1. The highest BCUT2D eigenvalue weighted by molar-refractivity contribution is 9.10. The minimum absolute atomic E-state index is 0.192. The molecule has 0 N–H and O–H groups in total. The van der Waals surface area contributed by atoms with Crippen LogP contribution in [0, 0.1) is 5.82 Å².